The average molecular weight is 234 g/mol. The molecule has 1 amide bonds. The number of nitro benzene ring substituents is 1. The lowest BCUT2D eigenvalue weighted by molar-refractivity contribution is -0.384. The van der Waals surface area contributed by atoms with Crippen LogP contribution in [0.1, 0.15) is 30.1 Å². The lowest BCUT2D eigenvalue weighted by atomic mass is 10.1. The number of nitrogens with zero attached hydrogens (tertiary/aromatic N) is 2. The van der Waals surface area contributed by atoms with Gasteiger partial charge in [-0.25, -0.2) is 0 Å². The minimum atomic E-state index is -0.466. The van der Waals surface area contributed by atoms with Crippen molar-refractivity contribution in [2.45, 2.75) is 25.8 Å². The number of amides is 1. The highest BCUT2D eigenvalue weighted by Gasteiger charge is 2.26. The summed E-state index contributed by atoms with van der Waals surface area (Å²) < 4.78 is 0. The van der Waals surface area contributed by atoms with E-state index in [2.05, 4.69) is 0 Å². The van der Waals surface area contributed by atoms with Crippen molar-refractivity contribution in [3.05, 3.63) is 39.9 Å². The van der Waals surface area contributed by atoms with Crippen LogP contribution in [0, 0.1) is 10.1 Å². The first-order valence-electron chi connectivity index (χ1n) is 5.65. The summed E-state index contributed by atoms with van der Waals surface area (Å²) in [6.07, 6.45) is 2.05. The van der Waals surface area contributed by atoms with Crippen molar-refractivity contribution in [3.8, 4) is 0 Å². The lowest BCUT2D eigenvalue weighted by Crippen LogP contribution is -2.33. The van der Waals surface area contributed by atoms with Gasteiger partial charge in [0.1, 0.15) is 0 Å². The van der Waals surface area contributed by atoms with Gasteiger partial charge in [-0.3, -0.25) is 14.9 Å². The summed E-state index contributed by atoms with van der Waals surface area (Å²) in [7, 11) is 0. The second-order valence-electron chi connectivity index (χ2n) is 4.29. The minimum absolute atomic E-state index is 0.0102. The Labute approximate surface area is 99.2 Å². The molecule has 0 N–H and O–H groups in total. The molecule has 1 aliphatic heterocycles. The molecule has 1 atom stereocenters. The summed E-state index contributed by atoms with van der Waals surface area (Å²) in [6.45, 7) is 2.80. The van der Waals surface area contributed by atoms with Gasteiger partial charge in [0.2, 0.25) is 0 Å². The van der Waals surface area contributed by atoms with Gasteiger partial charge in [0.15, 0.2) is 0 Å². The first kappa shape index (κ1) is 11.6. The fourth-order valence-corrected chi connectivity index (χ4v) is 2.13. The zero-order valence-electron chi connectivity index (χ0n) is 9.63. The molecule has 5 nitrogen and oxygen atoms in total. The van der Waals surface area contributed by atoms with Crippen LogP contribution in [-0.2, 0) is 0 Å². The summed E-state index contributed by atoms with van der Waals surface area (Å²) in [6, 6.07) is 6.04. The summed E-state index contributed by atoms with van der Waals surface area (Å²) in [4.78, 5) is 24.0. The predicted octanol–water partition coefficient (Wildman–Crippen LogP) is 2.22. The van der Waals surface area contributed by atoms with E-state index in [-0.39, 0.29) is 17.6 Å². The third-order valence-corrected chi connectivity index (χ3v) is 3.14. The van der Waals surface area contributed by atoms with Crippen molar-refractivity contribution in [1.82, 2.24) is 4.90 Å². The number of nitro groups is 1. The van der Waals surface area contributed by atoms with Crippen LogP contribution < -0.4 is 0 Å². The fourth-order valence-electron chi connectivity index (χ4n) is 2.13. The first-order valence-corrected chi connectivity index (χ1v) is 5.65. The van der Waals surface area contributed by atoms with Crippen LogP contribution in [0.25, 0.3) is 0 Å². The zero-order chi connectivity index (χ0) is 12.4. The van der Waals surface area contributed by atoms with Gasteiger partial charge in [-0.05, 0) is 31.9 Å². The van der Waals surface area contributed by atoms with Crippen LogP contribution in [0.3, 0.4) is 0 Å². The van der Waals surface area contributed by atoms with Crippen LogP contribution in [-0.4, -0.2) is 28.3 Å². The number of carbonyl (C=O) groups is 1. The van der Waals surface area contributed by atoms with E-state index < -0.39 is 4.92 Å². The standard InChI is InChI=1S/C12H14N2O3/c1-9-3-2-8-13(9)12(15)10-4-6-11(7-5-10)14(16)17/h4-7,9H,2-3,8H2,1H3. The third-order valence-electron chi connectivity index (χ3n) is 3.14. The molecular formula is C12H14N2O3. The molecule has 0 aliphatic carbocycles. The lowest BCUT2D eigenvalue weighted by Gasteiger charge is -2.21. The molecule has 1 aliphatic rings. The molecule has 17 heavy (non-hydrogen) atoms. The van der Waals surface area contributed by atoms with Gasteiger partial charge in [-0.15, -0.1) is 0 Å². The van der Waals surface area contributed by atoms with E-state index >= 15 is 0 Å². The maximum Gasteiger partial charge on any atom is 0.269 e. The molecule has 0 saturated carbocycles. The average Bonchev–Trinajstić information content (AvgIpc) is 2.74. The van der Waals surface area contributed by atoms with Crippen molar-refractivity contribution in [2.24, 2.45) is 0 Å². The first-order chi connectivity index (χ1) is 8.09. The van der Waals surface area contributed by atoms with Crippen LogP contribution in [0.4, 0.5) is 5.69 Å². The Hall–Kier alpha value is -1.91. The van der Waals surface area contributed by atoms with E-state index in [0.29, 0.717) is 5.56 Å². The summed E-state index contributed by atoms with van der Waals surface area (Å²) in [5, 5.41) is 10.5. The topological polar surface area (TPSA) is 63.5 Å². The molecule has 90 valence electrons. The summed E-state index contributed by atoms with van der Waals surface area (Å²) in [5.74, 6) is -0.0371. The molecule has 1 aromatic rings. The highest BCUT2D eigenvalue weighted by molar-refractivity contribution is 5.94. The molecule has 1 saturated heterocycles. The number of carbonyl (C=O) groups excluding carboxylic acids is 1. The van der Waals surface area contributed by atoms with Crippen molar-refractivity contribution in [3.63, 3.8) is 0 Å². The molecule has 0 radical (unpaired) electrons. The van der Waals surface area contributed by atoms with E-state index in [0.717, 1.165) is 19.4 Å². The second kappa shape index (κ2) is 4.53. The molecule has 1 unspecified atom stereocenters. The van der Waals surface area contributed by atoms with Crippen molar-refractivity contribution < 1.29 is 9.72 Å². The van der Waals surface area contributed by atoms with Gasteiger partial charge in [0.25, 0.3) is 11.6 Å². The Kier molecular flexibility index (Phi) is 3.08. The van der Waals surface area contributed by atoms with Gasteiger partial charge in [0, 0.05) is 30.3 Å². The molecule has 1 aromatic carbocycles. The van der Waals surface area contributed by atoms with Gasteiger partial charge < -0.3 is 4.90 Å². The monoisotopic (exact) mass is 234 g/mol. The quantitative estimate of drug-likeness (QED) is 0.582. The zero-order valence-corrected chi connectivity index (χ0v) is 9.63. The van der Waals surface area contributed by atoms with Crippen molar-refractivity contribution in [1.29, 1.82) is 0 Å². The Balaban J connectivity index is 2.17. The Morgan fingerprint density at radius 1 is 1.41 bits per heavy atom. The largest absolute Gasteiger partial charge is 0.336 e. The fraction of sp³-hybridized carbons (Fsp3) is 0.417. The van der Waals surface area contributed by atoms with Crippen LogP contribution >= 0.6 is 0 Å². The molecule has 5 heteroatoms. The highest BCUT2D eigenvalue weighted by Crippen LogP contribution is 2.20. The van der Waals surface area contributed by atoms with E-state index in [1.165, 1.54) is 24.3 Å². The van der Waals surface area contributed by atoms with E-state index in [4.69, 9.17) is 0 Å². The molecule has 1 fully saturated rings. The molecular weight excluding hydrogens is 220 g/mol. The van der Waals surface area contributed by atoms with E-state index in [1.54, 1.807) is 0 Å². The molecule has 2 rings (SSSR count). The number of benzene rings is 1. The SMILES string of the molecule is CC1CCCN1C(=O)c1ccc([N+](=O)[O-])cc1. The Morgan fingerprint density at radius 3 is 2.53 bits per heavy atom. The third kappa shape index (κ3) is 2.27. The van der Waals surface area contributed by atoms with E-state index in [1.807, 2.05) is 11.8 Å². The maximum absolute atomic E-state index is 12.1. The minimum Gasteiger partial charge on any atom is -0.336 e. The number of hydrogen-bond donors (Lipinski definition) is 0. The number of non-ortho nitro benzene ring substituents is 1. The molecule has 0 spiro atoms. The van der Waals surface area contributed by atoms with Crippen molar-refractivity contribution in [2.75, 3.05) is 6.54 Å². The smallest absolute Gasteiger partial charge is 0.269 e. The normalized spacial score (nSPS) is 19.4. The number of hydrogen-bond acceptors (Lipinski definition) is 3. The van der Waals surface area contributed by atoms with Crippen molar-refractivity contribution >= 4 is 11.6 Å². The Morgan fingerprint density at radius 2 is 2.06 bits per heavy atom. The van der Waals surface area contributed by atoms with Gasteiger partial charge in [-0.2, -0.15) is 0 Å². The maximum atomic E-state index is 12.1. The molecule has 0 aromatic heterocycles. The van der Waals surface area contributed by atoms with Crippen LogP contribution in [0.5, 0.6) is 0 Å². The van der Waals surface area contributed by atoms with Crippen LogP contribution in [0.15, 0.2) is 24.3 Å². The predicted molar refractivity (Wildman–Crippen MR) is 62.8 cm³/mol. The summed E-state index contributed by atoms with van der Waals surface area (Å²) in [5.41, 5.74) is 0.528. The van der Waals surface area contributed by atoms with Gasteiger partial charge in [0.05, 0.1) is 4.92 Å². The highest BCUT2D eigenvalue weighted by atomic mass is 16.6. The molecule has 0 bridgehead atoms. The van der Waals surface area contributed by atoms with E-state index in [9.17, 15) is 14.9 Å². The van der Waals surface area contributed by atoms with Crippen LogP contribution in [0.2, 0.25) is 0 Å². The second-order valence-corrected chi connectivity index (χ2v) is 4.29. The Bertz CT molecular complexity index is 442. The number of likely N-dealkylation sites (tertiary alicyclic amines) is 1. The van der Waals surface area contributed by atoms with Gasteiger partial charge >= 0.3 is 0 Å². The van der Waals surface area contributed by atoms with Gasteiger partial charge in [-0.1, -0.05) is 0 Å². The molecule has 1 heterocycles. The summed E-state index contributed by atoms with van der Waals surface area (Å²) >= 11 is 0. The number of rotatable bonds is 2.